The van der Waals surface area contributed by atoms with Crippen molar-refractivity contribution in [2.45, 2.75) is 12.5 Å². The molecule has 2 saturated heterocycles. The molecule has 0 aromatic heterocycles. The fraction of sp³-hybridized carbons (Fsp3) is 0.500. The minimum atomic E-state index is -0.630. The third-order valence-corrected chi connectivity index (χ3v) is 4.73. The zero-order chi connectivity index (χ0) is 18.7. The van der Waals surface area contributed by atoms with Gasteiger partial charge in [0.2, 0.25) is 11.8 Å². The van der Waals surface area contributed by atoms with Crippen molar-refractivity contribution in [3.63, 3.8) is 0 Å². The Morgan fingerprint density at radius 1 is 1.23 bits per heavy atom. The van der Waals surface area contributed by atoms with Gasteiger partial charge in [0.15, 0.2) is 0 Å². The molecule has 2 fully saturated rings. The maximum absolute atomic E-state index is 12.8. The molecule has 2 aliphatic rings. The highest BCUT2D eigenvalue weighted by atomic mass is 16.5. The van der Waals surface area contributed by atoms with Crippen LogP contribution in [0.1, 0.15) is 6.42 Å². The fourth-order valence-corrected chi connectivity index (χ4v) is 3.20. The van der Waals surface area contributed by atoms with Crippen molar-refractivity contribution in [1.82, 2.24) is 9.80 Å². The Morgan fingerprint density at radius 3 is 2.50 bits per heavy atom. The summed E-state index contributed by atoms with van der Waals surface area (Å²) < 4.78 is 10.3. The van der Waals surface area contributed by atoms with Crippen molar-refractivity contribution in [3.8, 4) is 5.75 Å². The van der Waals surface area contributed by atoms with Gasteiger partial charge in [0.25, 0.3) is 5.91 Å². The summed E-state index contributed by atoms with van der Waals surface area (Å²) in [6, 6.07) is 6.13. The summed E-state index contributed by atoms with van der Waals surface area (Å²) in [5, 5.41) is 0. The number of nitrogens with zero attached hydrogens (tertiary/aromatic N) is 3. The Morgan fingerprint density at radius 2 is 1.88 bits per heavy atom. The van der Waals surface area contributed by atoms with Crippen LogP contribution in [-0.2, 0) is 19.1 Å². The lowest BCUT2D eigenvalue weighted by Crippen LogP contribution is -2.48. The van der Waals surface area contributed by atoms with Crippen LogP contribution in [0.2, 0.25) is 0 Å². The first-order valence-corrected chi connectivity index (χ1v) is 8.58. The van der Waals surface area contributed by atoms with Crippen molar-refractivity contribution >= 4 is 23.4 Å². The number of hydrogen-bond donors (Lipinski definition) is 0. The summed E-state index contributed by atoms with van der Waals surface area (Å²) >= 11 is 0. The molecule has 1 atom stereocenters. The van der Waals surface area contributed by atoms with Gasteiger partial charge in [0.05, 0.1) is 45.0 Å². The number of methoxy groups -OCH3 is 1. The third kappa shape index (κ3) is 3.71. The highest BCUT2D eigenvalue weighted by Gasteiger charge is 2.42. The fourth-order valence-electron chi connectivity index (χ4n) is 3.20. The number of imide groups is 1. The van der Waals surface area contributed by atoms with Gasteiger partial charge in [-0.1, -0.05) is 0 Å². The standard InChI is InChI=1S/C18H23N3O5/c1-19(12-17(23)20-7-9-26-10-8-20)15-11-16(22)21(18(15)24)13-3-5-14(25-2)6-4-13/h3-6,15H,7-12H2,1-2H3/t15-/m0/s1. The Hall–Kier alpha value is -2.45. The summed E-state index contributed by atoms with van der Waals surface area (Å²) in [5.74, 6) is 0.0184. The van der Waals surface area contributed by atoms with E-state index in [9.17, 15) is 14.4 Å². The first-order valence-electron chi connectivity index (χ1n) is 8.58. The molecule has 0 aliphatic carbocycles. The number of ether oxygens (including phenoxy) is 2. The normalized spacial score (nSPS) is 20.8. The van der Waals surface area contributed by atoms with Crippen molar-refractivity contribution in [2.24, 2.45) is 0 Å². The molecule has 0 saturated carbocycles. The predicted molar refractivity (Wildman–Crippen MR) is 93.9 cm³/mol. The number of hydrogen-bond acceptors (Lipinski definition) is 6. The molecule has 26 heavy (non-hydrogen) atoms. The summed E-state index contributed by atoms with van der Waals surface area (Å²) in [5.41, 5.74) is 0.510. The predicted octanol–water partition coefficient (Wildman–Crippen LogP) is 0.118. The highest BCUT2D eigenvalue weighted by Crippen LogP contribution is 2.26. The number of likely N-dealkylation sites (N-methyl/N-ethyl adjacent to an activating group) is 1. The summed E-state index contributed by atoms with van der Waals surface area (Å²) in [6.45, 7) is 2.27. The zero-order valence-electron chi connectivity index (χ0n) is 15.0. The van der Waals surface area contributed by atoms with E-state index in [0.717, 1.165) is 0 Å². The first-order chi connectivity index (χ1) is 12.5. The largest absolute Gasteiger partial charge is 0.497 e. The Kier molecular flexibility index (Phi) is 5.53. The average molecular weight is 361 g/mol. The van der Waals surface area contributed by atoms with E-state index < -0.39 is 6.04 Å². The molecular formula is C18H23N3O5. The van der Waals surface area contributed by atoms with Gasteiger partial charge in [-0.3, -0.25) is 19.3 Å². The molecular weight excluding hydrogens is 338 g/mol. The molecule has 3 amide bonds. The van der Waals surface area contributed by atoms with Crippen LogP contribution in [0.3, 0.4) is 0 Å². The summed E-state index contributed by atoms with van der Waals surface area (Å²) in [6.07, 6.45) is 0.0672. The second kappa shape index (κ2) is 7.84. The van der Waals surface area contributed by atoms with Crippen molar-refractivity contribution in [1.29, 1.82) is 0 Å². The molecule has 2 heterocycles. The number of benzene rings is 1. The Balaban J connectivity index is 1.66. The average Bonchev–Trinajstić information content (AvgIpc) is 2.97. The lowest BCUT2D eigenvalue weighted by molar-refractivity contribution is -0.137. The quantitative estimate of drug-likeness (QED) is 0.693. The molecule has 0 spiro atoms. The number of carbonyl (C=O) groups is 3. The molecule has 0 unspecified atom stereocenters. The Bertz CT molecular complexity index is 685. The van der Waals surface area contributed by atoms with Gasteiger partial charge in [-0.15, -0.1) is 0 Å². The molecule has 8 heteroatoms. The van der Waals surface area contributed by atoms with Crippen LogP contribution in [0, 0.1) is 0 Å². The van der Waals surface area contributed by atoms with Crippen molar-refractivity contribution < 1.29 is 23.9 Å². The van der Waals surface area contributed by atoms with Crippen LogP contribution < -0.4 is 9.64 Å². The second-order valence-corrected chi connectivity index (χ2v) is 6.39. The van der Waals surface area contributed by atoms with Gasteiger partial charge in [0.1, 0.15) is 5.75 Å². The van der Waals surface area contributed by atoms with E-state index in [1.807, 2.05) is 0 Å². The second-order valence-electron chi connectivity index (χ2n) is 6.39. The van der Waals surface area contributed by atoms with Gasteiger partial charge in [0, 0.05) is 13.1 Å². The van der Waals surface area contributed by atoms with E-state index in [1.54, 1.807) is 48.2 Å². The lowest BCUT2D eigenvalue weighted by Gasteiger charge is -2.30. The maximum Gasteiger partial charge on any atom is 0.251 e. The van der Waals surface area contributed by atoms with Gasteiger partial charge < -0.3 is 14.4 Å². The third-order valence-electron chi connectivity index (χ3n) is 4.73. The molecule has 3 rings (SSSR count). The van der Waals surface area contributed by atoms with E-state index in [2.05, 4.69) is 0 Å². The first kappa shape index (κ1) is 18.3. The number of amides is 3. The van der Waals surface area contributed by atoms with Crippen LogP contribution in [0.15, 0.2) is 24.3 Å². The minimum absolute atomic E-state index is 0.0565. The van der Waals surface area contributed by atoms with Crippen molar-refractivity contribution in [2.75, 3.05) is 51.9 Å². The van der Waals surface area contributed by atoms with E-state index in [0.29, 0.717) is 37.7 Å². The smallest absolute Gasteiger partial charge is 0.251 e. The van der Waals surface area contributed by atoms with Gasteiger partial charge in [-0.05, 0) is 31.3 Å². The van der Waals surface area contributed by atoms with Gasteiger partial charge in [-0.25, -0.2) is 4.90 Å². The van der Waals surface area contributed by atoms with Crippen LogP contribution in [0.4, 0.5) is 5.69 Å². The molecule has 1 aromatic carbocycles. The molecule has 140 valence electrons. The minimum Gasteiger partial charge on any atom is -0.497 e. The maximum atomic E-state index is 12.8. The van der Waals surface area contributed by atoms with Gasteiger partial charge in [-0.2, -0.15) is 0 Å². The zero-order valence-corrected chi connectivity index (χ0v) is 15.0. The highest BCUT2D eigenvalue weighted by molar-refractivity contribution is 6.22. The number of carbonyl (C=O) groups excluding carboxylic acids is 3. The molecule has 0 N–H and O–H groups in total. The number of rotatable bonds is 5. The van der Waals surface area contributed by atoms with Crippen LogP contribution in [-0.4, -0.2) is 80.6 Å². The van der Waals surface area contributed by atoms with E-state index in [4.69, 9.17) is 9.47 Å². The van der Waals surface area contributed by atoms with E-state index in [-0.39, 0.29) is 30.7 Å². The van der Waals surface area contributed by atoms with Crippen molar-refractivity contribution in [3.05, 3.63) is 24.3 Å². The topological polar surface area (TPSA) is 79.4 Å². The molecule has 8 nitrogen and oxygen atoms in total. The molecule has 0 radical (unpaired) electrons. The molecule has 0 bridgehead atoms. The van der Waals surface area contributed by atoms with E-state index >= 15 is 0 Å². The van der Waals surface area contributed by atoms with Gasteiger partial charge >= 0.3 is 0 Å². The van der Waals surface area contributed by atoms with E-state index in [1.165, 1.54) is 4.90 Å². The lowest BCUT2D eigenvalue weighted by atomic mass is 10.2. The number of morpholine rings is 1. The SMILES string of the molecule is COc1ccc(N2C(=O)C[C@H](N(C)CC(=O)N3CCOCC3)C2=O)cc1. The summed E-state index contributed by atoms with van der Waals surface area (Å²) in [7, 11) is 3.25. The summed E-state index contributed by atoms with van der Waals surface area (Å²) in [4.78, 5) is 42.1. The molecule has 1 aromatic rings. The van der Waals surface area contributed by atoms with Crippen LogP contribution >= 0.6 is 0 Å². The van der Waals surface area contributed by atoms with Crippen LogP contribution in [0.25, 0.3) is 0 Å². The number of anilines is 1. The Labute approximate surface area is 152 Å². The monoisotopic (exact) mass is 361 g/mol. The van der Waals surface area contributed by atoms with Crippen LogP contribution in [0.5, 0.6) is 5.75 Å². The molecule has 2 aliphatic heterocycles.